The minimum atomic E-state index is -2.08. The van der Waals surface area contributed by atoms with Crippen molar-refractivity contribution >= 4 is 28.4 Å². The van der Waals surface area contributed by atoms with E-state index in [2.05, 4.69) is 4.98 Å². The molecule has 1 aliphatic rings. The van der Waals surface area contributed by atoms with Gasteiger partial charge in [0.25, 0.3) is 11.2 Å². The first kappa shape index (κ1) is 13.6. The molecule has 1 aromatic carbocycles. The Kier molecular flexibility index (Phi) is 3.11. The third-order valence-electron chi connectivity index (χ3n) is 3.61. The van der Waals surface area contributed by atoms with E-state index in [-0.39, 0.29) is 29.6 Å². The molecule has 0 radical (unpaired) electrons. The highest BCUT2D eigenvalue weighted by Gasteiger charge is 2.31. The van der Waals surface area contributed by atoms with Gasteiger partial charge < -0.3 is 0 Å². The van der Waals surface area contributed by atoms with Gasteiger partial charge in [0, 0.05) is 12.5 Å². The summed E-state index contributed by atoms with van der Waals surface area (Å²) in [6.07, 6.45) is -0.331. The number of hydrogen-bond donors (Lipinski definition) is 1. The molecule has 23 heavy (non-hydrogen) atoms. The van der Waals surface area contributed by atoms with Crippen LogP contribution in [0, 0.1) is 17.0 Å². The van der Waals surface area contributed by atoms with Crippen molar-refractivity contribution in [2.45, 2.75) is 25.8 Å². The van der Waals surface area contributed by atoms with Crippen LogP contribution in [-0.4, -0.2) is 26.3 Å². The van der Waals surface area contributed by atoms with Crippen molar-refractivity contribution in [2.24, 2.45) is 0 Å². The van der Waals surface area contributed by atoms with Crippen molar-refractivity contribution in [3.63, 3.8) is 0 Å². The number of hydrogen-bond acceptors (Lipinski definition) is 6. The third kappa shape index (κ3) is 2.35. The molecule has 3 rings (SSSR count). The Morgan fingerprint density at radius 2 is 2.17 bits per heavy atom. The van der Waals surface area contributed by atoms with Gasteiger partial charge in [-0.2, -0.15) is 0 Å². The van der Waals surface area contributed by atoms with Gasteiger partial charge >= 0.3 is 0 Å². The van der Waals surface area contributed by atoms with Crippen molar-refractivity contribution in [3.8, 4) is 0 Å². The third-order valence-corrected chi connectivity index (χ3v) is 3.61. The van der Waals surface area contributed by atoms with Crippen LogP contribution in [0.5, 0.6) is 0 Å². The number of nitrogens with one attached hydrogen (secondary N) is 1. The van der Waals surface area contributed by atoms with Gasteiger partial charge in [-0.1, -0.05) is 6.07 Å². The van der Waals surface area contributed by atoms with Gasteiger partial charge in [0.1, 0.15) is 17.2 Å². The number of nitro groups is 1. The molecule has 0 aliphatic carbocycles. The number of benzene rings is 1. The van der Waals surface area contributed by atoms with Crippen molar-refractivity contribution in [2.75, 3.05) is 0 Å². The van der Waals surface area contributed by atoms with E-state index < -0.39 is 34.0 Å². The fourth-order valence-electron chi connectivity index (χ4n) is 2.61. The zero-order valence-corrected chi connectivity index (χ0v) is 12.0. The number of non-ortho nitro benzene ring substituents is 1. The molecule has 2 aromatic rings. The average Bonchev–Trinajstić information content (AvgIpc) is 2.50. The first-order valence-electron chi connectivity index (χ1n) is 7.27. The van der Waals surface area contributed by atoms with Crippen LogP contribution in [0.1, 0.15) is 26.1 Å². The van der Waals surface area contributed by atoms with Crippen molar-refractivity contribution < 1.29 is 15.9 Å². The predicted octanol–water partition coefficient (Wildman–Crippen LogP) is 0.591. The first-order valence-corrected chi connectivity index (χ1v) is 6.77. The molecule has 2 heterocycles. The minimum Gasteiger partial charge on any atom is -0.295 e. The molecular weight excluding hydrogens is 304 g/mol. The Labute approximate surface area is 130 Å². The molecule has 1 atom stereocenters. The van der Waals surface area contributed by atoms with E-state index in [0.717, 1.165) is 10.6 Å². The molecule has 1 fully saturated rings. The Morgan fingerprint density at radius 3 is 2.83 bits per heavy atom. The molecule has 0 bridgehead atoms. The Balaban J connectivity index is 2.36. The van der Waals surface area contributed by atoms with Crippen LogP contribution < -0.4 is 10.9 Å². The van der Waals surface area contributed by atoms with E-state index in [1.165, 1.54) is 19.1 Å². The van der Waals surface area contributed by atoms with Crippen LogP contribution in [-0.2, 0) is 9.59 Å². The predicted molar refractivity (Wildman–Crippen MR) is 78.8 cm³/mol. The minimum absolute atomic E-state index is 0.0625. The van der Waals surface area contributed by atoms with Crippen molar-refractivity contribution in [1.82, 2.24) is 14.9 Å². The van der Waals surface area contributed by atoms with Gasteiger partial charge in [0.15, 0.2) is 0 Å². The van der Waals surface area contributed by atoms with Gasteiger partial charge in [0.05, 0.1) is 11.8 Å². The van der Waals surface area contributed by atoms with Crippen LogP contribution in [0.15, 0.2) is 23.0 Å². The van der Waals surface area contributed by atoms with E-state index in [1.54, 1.807) is 0 Å². The molecule has 9 heteroatoms. The lowest BCUT2D eigenvalue weighted by Gasteiger charge is -2.24. The summed E-state index contributed by atoms with van der Waals surface area (Å²) in [6, 6.07) is 1.92. The summed E-state index contributed by atoms with van der Waals surface area (Å²) < 4.78 is 9.19. The summed E-state index contributed by atoms with van der Waals surface area (Å²) in [5, 5.41) is 12.9. The summed E-state index contributed by atoms with van der Waals surface area (Å²) in [5.41, 5.74) is -1.20. The summed E-state index contributed by atoms with van der Waals surface area (Å²) in [5.74, 6) is -1.43. The Bertz CT molecular complexity index is 970. The largest absolute Gasteiger partial charge is 0.295 e. The molecule has 1 N–H and O–H groups in total. The number of nitro benzene ring substituents is 1. The number of piperidine rings is 1. The first-order chi connectivity index (χ1) is 11.3. The molecular formula is C14H12N4O5. The van der Waals surface area contributed by atoms with Gasteiger partial charge in [-0.05, 0) is 19.4 Å². The molecule has 9 nitrogen and oxygen atoms in total. The average molecular weight is 317 g/mol. The maximum atomic E-state index is 12.8. The molecule has 1 aliphatic heterocycles. The smallest absolute Gasteiger partial charge is 0.284 e. The highest BCUT2D eigenvalue weighted by Crippen LogP contribution is 2.24. The number of fused-ring (bicyclic) bond motifs is 1. The molecule has 0 saturated carbocycles. The second-order valence-electron chi connectivity index (χ2n) is 5.05. The molecule has 118 valence electrons. The topological polar surface area (TPSA) is 124 Å². The highest BCUT2D eigenvalue weighted by atomic mass is 16.6. The standard InChI is InChI=1S/C14H12N4O5/c1-7-15-8-3-2-4-9(18(22)23)12(8)14(21)17(7)10-5-6-11(19)16-13(10)20/h2-4,10H,5-6H2,1H3,(H,16,19,20)/t10-/m1/s1/i10D. The van der Waals surface area contributed by atoms with Crippen LogP contribution in [0.25, 0.3) is 10.9 Å². The van der Waals surface area contributed by atoms with Crippen LogP contribution in [0.2, 0.25) is 0 Å². The zero-order chi connectivity index (χ0) is 17.6. The summed E-state index contributed by atoms with van der Waals surface area (Å²) in [6.45, 7) is 1.43. The van der Waals surface area contributed by atoms with E-state index in [9.17, 15) is 24.5 Å². The number of carbonyl (C=O) groups excluding carboxylic acids is 2. The maximum Gasteiger partial charge on any atom is 0.284 e. The quantitative estimate of drug-likeness (QED) is 0.491. The van der Waals surface area contributed by atoms with Crippen molar-refractivity contribution in [1.29, 1.82) is 0 Å². The molecule has 0 spiro atoms. The van der Waals surface area contributed by atoms with E-state index in [4.69, 9.17) is 1.37 Å². The van der Waals surface area contributed by atoms with E-state index in [0.29, 0.717) is 0 Å². The second-order valence-corrected chi connectivity index (χ2v) is 5.05. The lowest BCUT2D eigenvalue weighted by atomic mass is 10.1. The van der Waals surface area contributed by atoms with Crippen LogP contribution >= 0.6 is 0 Å². The zero-order valence-electron chi connectivity index (χ0n) is 13.0. The van der Waals surface area contributed by atoms with Crippen LogP contribution in [0.4, 0.5) is 5.69 Å². The monoisotopic (exact) mass is 317 g/mol. The molecule has 1 saturated heterocycles. The summed E-state index contributed by atoms with van der Waals surface area (Å²) in [4.78, 5) is 50.9. The van der Waals surface area contributed by atoms with Gasteiger partial charge in [-0.25, -0.2) is 4.98 Å². The lowest BCUT2D eigenvalue weighted by Crippen LogP contribution is -2.45. The Morgan fingerprint density at radius 1 is 1.43 bits per heavy atom. The van der Waals surface area contributed by atoms with E-state index >= 15 is 0 Å². The molecule has 2 amide bonds. The number of amides is 2. The number of carbonyl (C=O) groups is 2. The van der Waals surface area contributed by atoms with Gasteiger partial charge in [-0.3, -0.25) is 34.4 Å². The fourth-order valence-corrected chi connectivity index (χ4v) is 2.61. The summed E-state index contributed by atoms with van der Waals surface area (Å²) in [7, 11) is 0. The normalized spacial score (nSPS) is 21.9. The lowest BCUT2D eigenvalue weighted by molar-refractivity contribution is -0.383. The maximum absolute atomic E-state index is 12.8. The highest BCUT2D eigenvalue weighted by molar-refractivity contribution is 5.99. The van der Waals surface area contributed by atoms with Crippen LogP contribution in [0.3, 0.4) is 0 Å². The number of imide groups is 1. The van der Waals surface area contributed by atoms with Gasteiger partial charge in [0.2, 0.25) is 11.8 Å². The summed E-state index contributed by atoms with van der Waals surface area (Å²) >= 11 is 0. The number of rotatable bonds is 2. The van der Waals surface area contributed by atoms with E-state index in [1.807, 2.05) is 5.32 Å². The second kappa shape index (κ2) is 5.27. The molecule has 0 unspecified atom stereocenters. The van der Waals surface area contributed by atoms with Gasteiger partial charge in [-0.15, -0.1) is 0 Å². The number of aryl methyl sites for hydroxylation is 1. The Hall–Kier alpha value is -3.10. The fraction of sp³-hybridized carbons (Fsp3) is 0.286. The number of aromatic nitrogens is 2. The van der Waals surface area contributed by atoms with Crippen molar-refractivity contribution in [3.05, 3.63) is 44.5 Å². The number of nitrogens with zero attached hydrogens (tertiary/aromatic N) is 3. The SMILES string of the molecule is [2H][C@@]1(n2c(C)nc3cccc([N+](=O)[O-])c3c2=O)CCC(=O)NC1=O. The molecule has 1 aromatic heterocycles.